The Labute approximate surface area is 111 Å². The molecular weight excluding hydrogens is 246 g/mol. The molecule has 0 aliphatic carbocycles. The van der Waals surface area contributed by atoms with Gasteiger partial charge in [-0.25, -0.2) is 0 Å². The molecule has 6 heteroatoms. The number of amides is 1. The van der Waals surface area contributed by atoms with Crippen molar-refractivity contribution in [2.75, 3.05) is 13.1 Å². The van der Waals surface area contributed by atoms with E-state index in [9.17, 15) is 9.59 Å². The van der Waals surface area contributed by atoms with Crippen LogP contribution in [0.25, 0.3) is 0 Å². The van der Waals surface area contributed by atoms with Gasteiger partial charge in [-0.1, -0.05) is 0 Å². The minimum absolute atomic E-state index is 0.0314. The molecule has 1 saturated heterocycles. The van der Waals surface area contributed by atoms with Gasteiger partial charge < -0.3 is 10.0 Å². The summed E-state index contributed by atoms with van der Waals surface area (Å²) < 4.78 is 0. The van der Waals surface area contributed by atoms with E-state index >= 15 is 0 Å². The van der Waals surface area contributed by atoms with E-state index in [0.29, 0.717) is 25.7 Å². The fourth-order valence-electron chi connectivity index (χ4n) is 2.24. The maximum Gasteiger partial charge on any atom is 0.312 e. The van der Waals surface area contributed by atoms with Gasteiger partial charge in [-0.05, 0) is 6.92 Å². The number of terminal acetylenes is 1. The topological polar surface area (TPSA) is 82.3 Å². The first-order chi connectivity index (χ1) is 8.91. The molecule has 0 atom stereocenters. The van der Waals surface area contributed by atoms with E-state index in [-0.39, 0.29) is 19.0 Å². The van der Waals surface area contributed by atoms with Crippen LogP contribution in [0.15, 0.2) is 10.2 Å². The molecule has 2 aliphatic rings. The second-order valence-electron chi connectivity index (χ2n) is 5.50. The molecule has 2 rings (SSSR count). The lowest BCUT2D eigenvalue weighted by molar-refractivity contribution is -0.164. The first-order valence-electron chi connectivity index (χ1n) is 6.30. The van der Waals surface area contributed by atoms with Crippen LogP contribution >= 0.6 is 0 Å². The standard InChI is InChI=1S/C13H17N3O3/c1-3-4-6-13(14-15-13)7-5-10(17)16-8-12(2,9-16)11(18)19/h1H,4-9H2,2H3,(H,18,19). The number of hydrogen-bond acceptors (Lipinski definition) is 4. The number of aliphatic carboxylic acids is 1. The molecule has 0 radical (unpaired) electrons. The molecule has 0 bridgehead atoms. The quantitative estimate of drug-likeness (QED) is 0.733. The number of likely N-dealkylation sites (tertiary alicyclic amines) is 1. The summed E-state index contributed by atoms with van der Waals surface area (Å²) >= 11 is 0. The highest BCUT2D eigenvalue weighted by Gasteiger charge is 2.48. The van der Waals surface area contributed by atoms with Crippen LogP contribution in [0.1, 0.15) is 32.6 Å². The molecule has 0 unspecified atom stereocenters. The molecule has 0 saturated carbocycles. The van der Waals surface area contributed by atoms with Crippen LogP contribution in [-0.4, -0.2) is 40.6 Å². The Kier molecular flexibility index (Phi) is 3.31. The zero-order chi connectivity index (χ0) is 14.1. The molecule has 0 aromatic heterocycles. The summed E-state index contributed by atoms with van der Waals surface area (Å²) in [5.74, 6) is 1.66. The fraction of sp³-hybridized carbons (Fsp3) is 0.692. The first kappa shape index (κ1) is 13.5. The molecular formula is C13H17N3O3. The van der Waals surface area contributed by atoms with Gasteiger partial charge in [-0.2, -0.15) is 10.2 Å². The normalized spacial score (nSPS) is 21.4. The lowest BCUT2D eigenvalue weighted by atomic mass is 9.82. The fourth-order valence-corrected chi connectivity index (χ4v) is 2.24. The highest BCUT2D eigenvalue weighted by Crippen LogP contribution is 2.38. The second kappa shape index (κ2) is 4.65. The van der Waals surface area contributed by atoms with Crippen molar-refractivity contribution in [1.82, 2.24) is 4.90 Å². The number of carbonyl (C=O) groups excluding carboxylic acids is 1. The predicted molar refractivity (Wildman–Crippen MR) is 67.2 cm³/mol. The molecule has 0 aromatic carbocycles. The van der Waals surface area contributed by atoms with E-state index in [4.69, 9.17) is 11.5 Å². The second-order valence-corrected chi connectivity index (χ2v) is 5.50. The van der Waals surface area contributed by atoms with E-state index in [1.54, 1.807) is 11.8 Å². The van der Waals surface area contributed by atoms with Crippen molar-refractivity contribution >= 4 is 11.9 Å². The van der Waals surface area contributed by atoms with Crippen molar-refractivity contribution in [1.29, 1.82) is 0 Å². The van der Waals surface area contributed by atoms with E-state index in [1.807, 2.05) is 0 Å². The smallest absolute Gasteiger partial charge is 0.312 e. The van der Waals surface area contributed by atoms with E-state index in [1.165, 1.54) is 0 Å². The van der Waals surface area contributed by atoms with Crippen molar-refractivity contribution in [3.8, 4) is 12.3 Å². The van der Waals surface area contributed by atoms with Crippen LogP contribution in [0, 0.1) is 17.8 Å². The summed E-state index contributed by atoms with van der Waals surface area (Å²) in [5.41, 5.74) is -1.23. The maximum absolute atomic E-state index is 11.9. The average Bonchev–Trinajstić information content (AvgIpc) is 3.10. The van der Waals surface area contributed by atoms with Gasteiger partial charge in [0.1, 0.15) is 0 Å². The minimum atomic E-state index is -0.853. The molecule has 2 heterocycles. The largest absolute Gasteiger partial charge is 0.481 e. The first-order valence-corrected chi connectivity index (χ1v) is 6.30. The zero-order valence-corrected chi connectivity index (χ0v) is 10.9. The van der Waals surface area contributed by atoms with Crippen LogP contribution in [-0.2, 0) is 9.59 Å². The van der Waals surface area contributed by atoms with Gasteiger partial charge in [0.25, 0.3) is 0 Å². The highest BCUT2D eigenvalue weighted by atomic mass is 16.4. The van der Waals surface area contributed by atoms with Crippen molar-refractivity contribution in [3.63, 3.8) is 0 Å². The summed E-state index contributed by atoms with van der Waals surface area (Å²) in [6.07, 6.45) is 7.38. The summed E-state index contributed by atoms with van der Waals surface area (Å²) in [4.78, 5) is 24.4. The van der Waals surface area contributed by atoms with E-state index in [2.05, 4.69) is 16.1 Å². The van der Waals surface area contributed by atoms with Gasteiger partial charge in [-0.15, -0.1) is 12.3 Å². The summed E-state index contributed by atoms with van der Waals surface area (Å²) in [6, 6.07) is 0. The van der Waals surface area contributed by atoms with Crippen LogP contribution in [0.4, 0.5) is 0 Å². The number of carboxylic acids is 1. The van der Waals surface area contributed by atoms with Crippen molar-refractivity contribution < 1.29 is 14.7 Å². The molecule has 6 nitrogen and oxygen atoms in total. The number of nitrogens with zero attached hydrogens (tertiary/aromatic N) is 3. The van der Waals surface area contributed by atoms with Gasteiger partial charge in [-0.3, -0.25) is 9.59 Å². The molecule has 102 valence electrons. The minimum Gasteiger partial charge on any atom is -0.481 e. The van der Waals surface area contributed by atoms with Gasteiger partial charge in [0, 0.05) is 38.8 Å². The van der Waals surface area contributed by atoms with Crippen LogP contribution in [0.5, 0.6) is 0 Å². The third-order valence-electron chi connectivity index (χ3n) is 3.74. The number of hydrogen-bond donors (Lipinski definition) is 1. The Balaban J connectivity index is 1.73. The number of rotatable bonds is 6. The van der Waals surface area contributed by atoms with Gasteiger partial charge in [0.2, 0.25) is 5.91 Å². The van der Waals surface area contributed by atoms with Crippen LogP contribution in [0.2, 0.25) is 0 Å². The Hall–Kier alpha value is -1.90. The highest BCUT2D eigenvalue weighted by molar-refractivity contribution is 5.83. The Morgan fingerprint density at radius 2 is 2.00 bits per heavy atom. The van der Waals surface area contributed by atoms with Gasteiger partial charge >= 0.3 is 5.97 Å². The lowest BCUT2D eigenvalue weighted by Crippen LogP contribution is -2.60. The molecule has 1 N–H and O–H groups in total. The van der Waals surface area contributed by atoms with Crippen LogP contribution in [0.3, 0.4) is 0 Å². The zero-order valence-electron chi connectivity index (χ0n) is 10.9. The monoisotopic (exact) mass is 263 g/mol. The summed E-state index contributed by atoms with van der Waals surface area (Å²) in [5, 5.41) is 16.9. The predicted octanol–water partition coefficient (Wildman–Crippen LogP) is 1.28. The van der Waals surface area contributed by atoms with Crippen LogP contribution < -0.4 is 0 Å². The number of carboxylic acid groups (broad SMARTS) is 1. The van der Waals surface area contributed by atoms with E-state index in [0.717, 1.165) is 0 Å². The van der Waals surface area contributed by atoms with Gasteiger partial charge in [0.05, 0.1) is 5.41 Å². The molecule has 1 amide bonds. The van der Waals surface area contributed by atoms with Crippen molar-refractivity contribution in [3.05, 3.63) is 0 Å². The third-order valence-corrected chi connectivity index (χ3v) is 3.74. The SMILES string of the molecule is C#CCCC1(CCC(=O)N2CC(C)(C(=O)O)C2)N=N1. The van der Waals surface area contributed by atoms with Gasteiger partial charge in [0.15, 0.2) is 5.66 Å². The maximum atomic E-state index is 11.9. The molecule has 1 fully saturated rings. The molecule has 0 spiro atoms. The Bertz CT molecular complexity index is 466. The molecule has 2 aliphatic heterocycles. The molecule has 19 heavy (non-hydrogen) atoms. The Morgan fingerprint density at radius 3 is 2.47 bits per heavy atom. The van der Waals surface area contributed by atoms with Crippen molar-refractivity contribution in [2.45, 2.75) is 38.3 Å². The van der Waals surface area contributed by atoms with Crippen molar-refractivity contribution in [2.24, 2.45) is 15.6 Å². The number of carbonyl (C=O) groups is 2. The Morgan fingerprint density at radius 1 is 1.37 bits per heavy atom. The summed E-state index contributed by atoms with van der Waals surface area (Å²) in [6.45, 7) is 2.22. The third kappa shape index (κ3) is 2.75. The molecule has 0 aromatic rings. The van der Waals surface area contributed by atoms with E-state index < -0.39 is 17.0 Å². The lowest BCUT2D eigenvalue weighted by Gasteiger charge is -2.45. The summed E-state index contributed by atoms with van der Waals surface area (Å²) in [7, 11) is 0. The average molecular weight is 263 g/mol.